The number of nitro benzene ring substituents is 1. The molecule has 1 amide bonds. The van der Waals surface area contributed by atoms with Crippen molar-refractivity contribution in [3.8, 4) is 0 Å². The normalized spacial score (nSPS) is 20.7. The van der Waals surface area contributed by atoms with E-state index in [2.05, 4.69) is 21.2 Å². The number of benzene rings is 1. The Kier molecular flexibility index (Phi) is 4.62. The number of amides is 1. The molecule has 1 heterocycles. The molecular weight excluding hydrogens is 364 g/mol. The van der Waals surface area contributed by atoms with Gasteiger partial charge in [-0.2, -0.15) is 0 Å². The largest absolute Gasteiger partial charge is 0.348 e. The Labute approximate surface area is 129 Å². The average molecular weight is 377 g/mol. The summed E-state index contributed by atoms with van der Waals surface area (Å²) < 4.78 is 23.2. The Bertz CT molecular complexity index is 689. The molecule has 0 saturated carbocycles. The molecule has 0 radical (unpaired) electrons. The number of rotatable bonds is 3. The SMILES string of the molecule is O=C(NC1CCCS(=O)(=O)C1)c1cccc([N+](=O)[O-])c1Br. The van der Waals surface area contributed by atoms with Gasteiger partial charge in [-0.3, -0.25) is 14.9 Å². The Balaban J connectivity index is 2.18. The molecule has 1 N–H and O–H groups in total. The Morgan fingerprint density at radius 3 is 2.76 bits per heavy atom. The van der Waals surface area contributed by atoms with Gasteiger partial charge in [0.05, 0.1) is 22.0 Å². The van der Waals surface area contributed by atoms with Crippen LogP contribution in [0.2, 0.25) is 0 Å². The van der Waals surface area contributed by atoms with Crippen molar-refractivity contribution in [2.45, 2.75) is 18.9 Å². The van der Waals surface area contributed by atoms with Crippen molar-refractivity contribution in [2.24, 2.45) is 0 Å². The van der Waals surface area contributed by atoms with Gasteiger partial charge in [-0.05, 0) is 34.8 Å². The highest BCUT2D eigenvalue weighted by Gasteiger charge is 2.27. The van der Waals surface area contributed by atoms with Crippen molar-refractivity contribution in [1.29, 1.82) is 0 Å². The summed E-state index contributed by atoms with van der Waals surface area (Å²) >= 11 is 3.05. The molecule has 2 rings (SSSR count). The molecule has 0 bridgehead atoms. The maximum atomic E-state index is 12.2. The van der Waals surface area contributed by atoms with Gasteiger partial charge in [-0.15, -0.1) is 0 Å². The third-order valence-electron chi connectivity index (χ3n) is 3.22. The van der Waals surface area contributed by atoms with Gasteiger partial charge < -0.3 is 5.32 Å². The van der Waals surface area contributed by atoms with Crippen LogP contribution in [0.5, 0.6) is 0 Å². The van der Waals surface area contributed by atoms with Crippen molar-refractivity contribution in [2.75, 3.05) is 11.5 Å². The van der Waals surface area contributed by atoms with Crippen molar-refractivity contribution >= 4 is 37.4 Å². The quantitative estimate of drug-likeness (QED) is 0.637. The average Bonchev–Trinajstić information content (AvgIpc) is 2.37. The van der Waals surface area contributed by atoms with Crippen molar-refractivity contribution in [1.82, 2.24) is 5.32 Å². The molecule has 0 aliphatic carbocycles. The zero-order chi connectivity index (χ0) is 15.6. The molecule has 1 aliphatic heterocycles. The predicted octanol–water partition coefficient (Wildman–Crippen LogP) is 1.66. The molecule has 1 fully saturated rings. The van der Waals surface area contributed by atoms with Gasteiger partial charge in [0.25, 0.3) is 11.6 Å². The van der Waals surface area contributed by atoms with Gasteiger partial charge in [0.15, 0.2) is 9.84 Å². The number of hydrogen-bond donors (Lipinski definition) is 1. The second kappa shape index (κ2) is 6.10. The van der Waals surface area contributed by atoms with E-state index in [0.29, 0.717) is 12.8 Å². The van der Waals surface area contributed by atoms with Crippen LogP contribution in [0.25, 0.3) is 0 Å². The number of halogens is 1. The van der Waals surface area contributed by atoms with Crippen LogP contribution in [0.4, 0.5) is 5.69 Å². The third kappa shape index (κ3) is 3.79. The first-order valence-electron chi connectivity index (χ1n) is 6.24. The number of carbonyl (C=O) groups excluding carboxylic acids is 1. The highest BCUT2D eigenvalue weighted by molar-refractivity contribution is 9.10. The maximum Gasteiger partial charge on any atom is 0.284 e. The highest BCUT2D eigenvalue weighted by Crippen LogP contribution is 2.28. The molecule has 1 unspecified atom stereocenters. The van der Waals surface area contributed by atoms with Crippen molar-refractivity contribution in [3.05, 3.63) is 38.3 Å². The van der Waals surface area contributed by atoms with Crippen LogP contribution in [-0.4, -0.2) is 36.8 Å². The molecule has 114 valence electrons. The minimum atomic E-state index is -3.13. The fourth-order valence-corrected chi connectivity index (χ4v) is 4.46. The molecule has 7 nitrogen and oxygen atoms in total. The number of carbonyl (C=O) groups is 1. The first-order valence-corrected chi connectivity index (χ1v) is 8.86. The van der Waals surface area contributed by atoms with Crippen LogP contribution in [0.15, 0.2) is 22.7 Å². The summed E-state index contributed by atoms with van der Waals surface area (Å²) in [6.07, 6.45) is 1.08. The zero-order valence-electron chi connectivity index (χ0n) is 10.9. The Morgan fingerprint density at radius 1 is 1.43 bits per heavy atom. The number of sulfone groups is 1. The van der Waals surface area contributed by atoms with E-state index in [9.17, 15) is 23.3 Å². The number of nitrogens with one attached hydrogen (secondary N) is 1. The van der Waals surface area contributed by atoms with Gasteiger partial charge in [-0.25, -0.2) is 8.42 Å². The molecule has 1 aromatic carbocycles. The van der Waals surface area contributed by atoms with Crippen LogP contribution >= 0.6 is 15.9 Å². The number of hydrogen-bond acceptors (Lipinski definition) is 5. The van der Waals surface area contributed by atoms with E-state index >= 15 is 0 Å². The molecule has 9 heteroatoms. The van der Waals surface area contributed by atoms with Crippen LogP contribution in [-0.2, 0) is 9.84 Å². The van der Waals surface area contributed by atoms with E-state index in [1.807, 2.05) is 0 Å². The summed E-state index contributed by atoms with van der Waals surface area (Å²) in [4.78, 5) is 22.4. The molecule has 21 heavy (non-hydrogen) atoms. The number of nitro groups is 1. The summed E-state index contributed by atoms with van der Waals surface area (Å²) in [6, 6.07) is 3.69. The van der Waals surface area contributed by atoms with Gasteiger partial charge in [-0.1, -0.05) is 6.07 Å². The van der Waals surface area contributed by atoms with Crippen molar-refractivity contribution < 1.29 is 18.1 Å². The molecular formula is C12H13BrN2O5S. The maximum absolute atomic E-state index is 12.2. The molecule has 0 spiro atoms. The lowest BCUT2D eigenvalue weighted by Gasteiger charge is -2.23. The first kappa shape index (κ1) is 15.9. The monoisotopic (exact) mass is 376 g/mol. The van der Waals surface area contributed by atoms with Crippen LogP contribution in [0.1, 0.15) is 23.2 Å². The number of nitrogens with zero attached hydrogens (tertiary/aromatic N) is 1. The summed E-state index contributed by atoms with van der Waals surface area (Å²) in [6.45, 7) is 0. The lowest BCUT2D eigenvalue weighted by Crippen LogP contribution is -2.43. The highest BCUT2D eigenvalue weighted by atomic mass is 79.9. The third-order valence-corrected chi connectivity index (χ3v) is 5.87. The minimum absolute atomic E-state index is 0.0890. The van der Waals surface area contributed by atoms with Gasteiger partial charge in [0.1, 0.15) is 4.47 Å². The van der Waals surface area contributed by atoms with E-state index in [4.69, 9.17) is 0 Å². The van der Waals surface area contributed by atoms with Crippen LogP contribution < -0.4 is 5.32 Å². The first-order chi connectivity index (χ1) is 9.80. The zero-order valence-corrected chi connectivity index (χ0v) is 13.3. The van der Waals surface area contributed by atoms with Gasteiger partial charge in [0, 0.05) is 12.1 Å². The lowest BCUT2D eigenvalue weighted by molar-refractivity contribution is -0.385. The summed E-state index contributed by atoms with van der Waals surface area (Å²) in [5.41, 5.74) is -0.0916. The Hall–Kier alpha value is -1.48. The summed E-state index contributed by atoms with van der Waals surface area (Å²) in [5, 5.41) is 13.5. The molecule has 1 aromatic rings. The van der Waals surface area contributed by atoms with E-state index in [1.165, 1.54) is 18.2 Å². The predicted molar refractivity (Wildman–Crippen MR) is 79.9 cm³/mol. The summed E-state index contributed by atoms with van der Waals surface area (Å²) in [5.74, 6) is -0.474. The second-order valence-corrected chi connectivity index (χ2v) is 7.84. The standard InChI is InChI=1S/C12H13BrN2O5S/c13-11-9(4-1-5-10(11)15(17)18)12(16)14-8-3-2-6-21(19,20)7-8/h1,4-5,8H,2-3,6-7H2,(H,14,16). The molecule has 1 atom stereocenters. The van der Waals surface area contributed by atoms with E-state index in [1.54, 1.807) is 0 Å². The van der Waals surface area contributed by atoms with Gasteiger partial charge >= 0.3 is 0 Å². The second-order valence-electron chi connectivity index (χ2n) is 4.82. The fourth-order valence-electron chi connectivity index (χ4n) is 2.24. The van der Waals surface area contributed by atoms with Crippen molar-refractivity contribution in [3.63, 3.8) is 0 Å². The smallest absolute Gasteiger partial charge is 0.284 e. The molecule has 1 aliphatic rings. The van der Waals surface area contributed by atoms with Crippen LogP contribution in [0.3, 0.4) is 0 Å². The van der Waals surface area contributed by atoms with E-state index in [0.717, 1.165) is 0 Å². The summed E-state index contributed by atoms with van der Waals surface area (Å²) in [7, 11) is -3.13. The van der Waals surface area contributed by atoms with Gasteiger partial charge in [0.2, 0.25) is 0 Å². The van der Waals surface area contributed by atoms with E-state index < -0.39 is 26.7 Å². The van der Waals surface area contributed by atoms with Crippen LogP contribution in [0, 0.1) is 10.1 Å². The minimum Gasteiger partial charge on any atom is -0.348 e. The van der Waals surface area contributed by atoms with E-state index in [-0.39, 0.29) is 27.2 Å². The topological polar surface area (TPSA) is 106 Å². The molecule has 0 aromatic heterocycles. The fraction of sp³-hybridized carbons (Fsp3) is 0.417. The lowest BCUT2D eigenvalue weighted by atomic mass is 10.1. The molecule has 1 saturated heterocycles. The Morgan fingerprint density at radius 2 is 2.14 bits per heavy atom.